The second kappa shape index (κ2) is 45.1. The Morgan fingerprint density at radius 2 is 0.681 bits per heavy atom. The van der Waals surface area contributed by atoms with Gasteiger partial charge in [-0.25, -0.2) is 55.2 Å². The number of sulfone groups is 3. The van der Waals surface area contributed by atoms with Gasteiger partial charge in [0, 0.05) is 136 Å². The number of hydrogen-bond acceptors (Lipinski definition) is 31. The number of aromatic nitrogens is 9. The fourth-order valence-corrected chi connectivity index (χ4v) is 18.8. The van der Waals surface area contributed by atoms with Crippen LogP contribution in [-0.2, 0) is 39.0 Å². The molecule has 0 spiro atoms. The number of rotatable bonds is 33. The lowest BCUT2D eigenvalue weighted by Gasteiger charge is -2.28. The molecule has 12 aromatic rings. The molecule has 31 nitrogen and oxygen atoms in total. The van der Waals surface area contributed by atoms with Crippen molar-refractivity contribution >= 4 is 116 Å². The van der Waals surface area contributed by atoms with Crippen LogP contribution in [0, 0.1) is 41.5 Å². The van der Waals surface area contributed by atoms with Crippen molar-refractivity contribution in [1.29, 1.82) is 0 Å². The summed E-state index contributed by atoms with van der Waals surface area (Å²) in [5.74, 6) is 7.27. The molecular formula is C101H126N20O11S3. The number of nitrogens with one attached hydrogen (secondary N) is 8. The van der Waals surface area contributed by atoms with E-state index in [0.29, 0.717) is 99.9 Å². The lowest BCUT2D eigenvalue weighted by molar-refractivity contribution is 0.0398. The van der Waals surface area contributed by atoms with E-state index >= 15 is 0 Å². The third kappa shape index (κ3) is 25.7. The van der Waals surface area contributed by atoms with Gasteiger partial charge in [-0.3, -0.25) is 4.90 Å². The summed E-state index contributed by atoms with van der Waals surface area (Å²) in [7, 11) is -10.5. The zero-order valence-electron chi connectivity index (χ0n) is 80.3. The molecule has 6 aromatic heterocycles. The molecule has 0 atom stereocenters. The van der Waals surface area contributed by atoms with Crippen LogP contribution >= 0.6 is 0 Å². The quantitative estimate of drug-likeness (QED) is 0.0189. The minimum Gasteiger partial charge on any atom is -0.489 e. The average Bonchev–Trinajstić information content (AvgIpc) is 0.784. The number of aryl methyl sites for hydroxylation is 6. The van der Waals surface area contributed by atoms with Gasteiger partial charge in [0.2, 0.25) is 17.8 Å². The largest absolute Gasteiger partial charge is 0.489 e. The van der Waals surface area contributed by atoms with Crippen LogP contribution in [0.3, 0.4) is 0 Å². The molecule has 15 rings (SSSR count). The summed E-state index contributed by atoms with van der Waals surface area (Å²) in [5.41, 5.74) is 14.9. The van der Waals surface area contributed by atoms with Gasteiger partial charge in [0.25, 0.3) is 0 Å². The van der Waals surface area contributed by atoms with Gasteiger partial charge in [-0.2, -0.15) is 15.0 Å². The van der Waals surface area contributed by atoms with Gasteiger partial charge in [0.05, 0.1) is 109 Å². The van der Waals surface area contributed by atoms with E-state index in [1.165, 1.54) is 0 Å². The van der Waals surface area contributed by atoms with Crippen LogP contribution in [0.25, 0.3) is 33.4 Å². The maximum atomic E-state index is 13.1. The zero-order valence-corrected chi connectivity index (χ0v) is 82.7. The fourth-order valence-electron chi connectivity index (χ4n) is 15.1. The zero-order chi connectivity index (χ0) is 96.4. The van der Waals surface area contributed by atoms with Crippen molar-refractivity contribution in [2.45, 2.75) is 173 Å². The molecule has 3 aliphatic heterocycles. The molecule has 0 saturated carbocycles. The molecule has 135 heavy (non-hydrogen) atoms. The highest BCUT2D eigenvalue weighted by Crippen LogP contribution is 2.42. The standard InChI is InChI=1S/C35H45N7O4S.C33H41N7O3S.C33H40N6O4S/c1-23(2)46-31-19-25(5)28(27-11-12-33(37-22-27)36-13-14-42-15-17-45-18-16-42)20-30(31)40-35-38-21-26(6)34(41-35)39-29-9-7-8-10-32(29)47(43,44)24(3)4;1-21(2)43-29-17-23(5)26(25-11-12-31(35-20-25)40-15-13-34-14-16-40)18-28(29)38-33-36-19-24(6)32(39-33)37-27-9-7-8-10-30(27)44(41,42)22(3)4;1-21(2)43-29-17-23(5)26(25-11-12-31(34-20-25)39-13-15-42-16-14-39)18-28(29)37-33-35-19-24(6)32(38-33)36-27-9-7-8-10-30(27)44(40,41)22(3)4/h7-12,19-24H,13-18H2,1-6H3,(H,36,37)(H2,38,39,40,41);7-12,17-22,34H,13-16H2,1-6H3,(H2,36,37,38,39);7-12,17-22H,13-16H2,1-6H3,(H2,35,36,37,38). The van der Waals surface area contributed by atoms with E-state index in [-0.39, 0.29) is 33.0 Å². The van der Waals surface area contributed by atoms with Crippen LogP contribution < -0.4 is 66.5 Å². The Hall–Kier alpha value is -12.7. The summed E-state index contributed by atoms with van der Waals surface area (Å²) in [6, 6.07) is 45.1. The Morgan fingerprint density at radius 3 is 1.00 bits per heavy atom. The molecule has 0 amide bonds. The fraction of sp³-hybridized carbons (Fsp3) is 0.376. The van der Waals surface area contributed by atoms with Gasteiger partial charge >= 0.3 is 0 Å². The van der Waals surface area contributed by atoms with Crippen LogP contribution in [0.4, 0.5) is 86.9 Å². The Labute approximate surface area is 794 Å². The first-order valence-electron chi connectivity index (χ1n) is 45.8. The summed E-state index contributed by atoms with van der Waals surface area (Å²) in [6.07, 6.45) is 10.6. The third-order valence-corrected chi connectivity index (χ3v) is 29.4. The first-order chi connectivity index (χ1) is 64.6. The predicted molar refractivity (Wildman–Crippen MR) is 541 cm³/mol. The SMILES string of the molecule is Cc1cc(OC(C)C)c(Nc2ncc(C)c(Nc3ccccc3S(=O)(=O)C(C)C)n2)cc1-c1ccc(N2CCNCC2)nc1.Cc1cc(OC(C)C)c(Nc2ncc(C)c(Nc3ccccc3S(=O)(=O)C(C)C)n2)cc1-c1ccc(N2CCOCC2)nc1.Cc1cc(OC(C)C)c(Nc2ncc(C)c(Nc3ccccc3S(=O)(=O)C(C)C)n2)cc1-c1ccc(NCCN2CCOCC2)nc1. The maximum Gasteiger partial charge on any atom is 0.229 e. The molecule has 3 saturated heterocycles. The summed E-state index contributed by atoms with van der Waals surface area (Å²) < 4.78 is 108. The number of morpholine rings is 2. The molecule has 3 aliphatic rings. The van der Waals surface area contributed by atoms with Crippen molar-refractivity contribution in [2.24, 2.45) is 0 Å². The molecular weight excluding hydrogens is 1770 g/mol. The average molecular weight is 1890 g/mol. The maximum absolute atomic E-state index is 13.1. The van der Waals surface area contributed by atoms with Crippen LogP contribution in [-0.4, -0.2) is 201 Å². The normalized spacial score (nSPS) is 13.8. The van der Waals surface area contributed by atoms with Crippen molar-refractivity contribution in [1.82, 2.24) is 55.1 Å². The molecule has 0 unspecified atom stereocenters. The van der Waals surface area contributed by atoms with Crippen LogP contribution in [0.1, 0.15) is 116 Å². The Bertz CT molecular complexity index is 6180. The first-order valence-corrected chi connectivity index (χ1v) is 50.5. The van der Waals surface area contributed by atoms with Crippen molar-refractivity contribution in [3.05, 3.63) is 216 Å². The number of anilines is 15. The van der Waals surface area contributed by atoms with Crippen molar-refractivity contribution < 1.29 is 48.9 Å². The van der Waals surface area contributed by atoms with E-state index in [2.05, 4.69) is 115 Å². The number of nitrogens with zero attached hydrogens (tertiary/aromatic N) is 12. The second-order valence-corrected chi connectivity index (χ2v) is 42.6. The number of pyridine rings is 3. The third-order valence-electron chi connectivity index (χ3n) is 22.7. The molecule has 9 heterocycles. The Morgan fingerprint density at radius 1 is 0.356 bits per heavy atom. The van der Waals surface area contributed by atoms with Crippen molar-refractivity contribution in [3.63, 3.8) is 0 Å². The van der Waals surface area contributed by atoms with Crippen molar-refractivity contribution in [2.75, 3.05) is 139 Å². The highest BCUT2D eigenvalue weighted by Gasteiger charge is 2.29. The summed E-state index contributed by atoms with van der Waals surface area (Å²) in [5, 5.41) is 24.9. The Kier molecular flexibility index (Phi) is 33.3. The molecule has 0 bridgehead atoms. The van der Waals surface area contributed by atoms with Gasteiger partial charge in [0.15, 0.2) is 29.5 Å². The number of hydrogen-bond donors (Lipinski definition) is 8. The highest BCUT2D eigenvalue weighted by molar-refractivity contribution is 7.92. The molecule has 0 aliphatic carbocycles. The monoisotopic (exact) mass is 1890 g/mol. The van der Waals surface area contributed by atoms with Gasteiger partial charge in [-0.1, -0.05) is 36.4 Å². The molecule has 6 aromatic carbocycles. The number of piperazine rings is 1. The van der Waals surface area contributed by atoms with Crippen LogP contribution in [0.5, 0.6) is 17.2 Å². The number of para-hydroxylation sites is 3. The van der Waals surface area contributed by atoms with E-state index in [9.17, 15) is 25.3 Å². The minimum atomic E-state index is -3.52. The second-order valence-electron chi connectivity index (χ2n) is 35.1. The molecule has 34 heteroatoms. The minimum absolute atomic E-state index is 0.0450. The summed E-state index contributed by atoms with van der Waals surface area (Å²) in [6.45, 7) is 45.8. The van der Waals surface area contributed by atoms with Gasteiger partial charge in [-0.15, -0.1) is 0 Å². The number of benzene rings is 6. The van der Waals surface area contributed by atoms with E-state index < -0.39 is 45.3 Å². The van der Waals surface area contributed by atoms with Gasteiger partial charge in [0.1, 0.15) is 52.2 Å². The molecule has 0 radical (unpaired) electrons. The summed E-state index contributed by atoms with van der Waals surface area (Å²) in [4.78, 5) is 49.5. The smallest absolute Gasteiger partial charge is 0.229 e. The number of ether oxygens (including phenoxy) is 5. The van der Waals surface area contributed by atoms with Crippen LogP contribution in [0.2, 0.25) is 0 Å². The van der Waals surface area contributed by atoms with E-state index in [4.69, 9.17) is 48.6 Å². The molecule has 8 N–H and O–H groups in total. The lowest BCUT2D eigenvalue weighted by Crippen LogP contribution is -2.43. The van der Waals surface area contributed by atoms with Gasteiger partial charge in [-0.05, 0) is 267 Å². The first kappa shape index (κ1) is 99.8. The van der Waals surface area contributed by atoms with E-state index in [0.717, 1.165) is 163 Å². The Balaban J connectivity index is 0.000000172. The highest BCUT2D eigenvalue weighted by atomic mass is 32.2. The van der Waals surface area contributed by atoms with Crippen LogP contribution in [0.15, 0.2) is 197 Å². The van der Waals surface area contributed by atoms with E-state index in [1.54, 1.807) is 133 Å². The van der Waals surface area contributed by atoms with E-state index in [1.807, 2.05) is 136 Å². The molecule has 3 fully saturated rings. The van der Waals surface area contributed by atoms with Crippen molar-refractivity contribution in [3.8, 4) is 50.6 Å². The topological polar surface area (TPSA) is 371 Å². The lowest BCUT2D eigenvalue weighted by atomic mass is 10.0. The van der Waals surface area contributed by atoms with Gasteiger partial charge < -0.3 is 76.0 Å². The summed E-state index contributed by atoms with van der Waals surface area (Å²) >= 11 is 0. The predicted octanol–water partition coefficient (Wildman–Crippen LogP) is 18.8. The molecule has 714 valence electrons.